The molecule has 0 spiro atoms. The van der Waals surface area contributed by atoms with Crippen LogP contribution in [0.3, 0.4) is 0 Å². The van der Waals surface area contributed by atoms with Gasteiger partial charge >= 0.3 is 0 Å². The lowest BCUT2D eigenvalue weighted by Crippen LogP contribution is -2.02. The first-order valence-electron chi connectivity index (χ1n) is 5.47. The Hall–Kier alpha value is -1.83. The minimum atomic E-state index is 0.824. The summed E-state index contributed by atoms with van der Waals surface area (Å²) in [5.41, 5.74) is 3.93. The van der Waals surface area contributed by atoms with Gasteiger partial charge in [0.2, 0.25) is 0 Å². The third-order valence-corrected chi connectivity index (χ3v) is 2.63. The lowest BCUT2D eigenvalue weighted by molar-refractivity contribution is 1.08. The zero-order valence-corrected chi connectivity index (χ0v) is 9.70. The number of benzene rings is 1. The van der Waals surface area contributed by atoms with Gasteiger partial charge in [0.1, 0.15) is 5.82 Å². The SMILES string of the molecule is Cc1ccc(C)c(CNc2ccccn2)c1. The number of aryl methyl sites for hydroxylation is 2. The van der Waals surface area contributed by atoms with E-state index in [4.69, 9.17) is 0 Å². The average Bonchev–Trinajstić information content (AvgIpc) is 2.32. The molecule has 0 aliphatic carbocycles. The van der Waals surface area contributed by atoms with Crippen molar-refractivity contribution >= 4 is 5.82 Å². The average molecular weight is 212 g/mol. The first kappa shape index (κ1) is 10.7. The van der Waals surface area contributed by atoms with E-state index < -0.39 is 0 Å². The molecule has 0 aliphatic rings. The summed E-state index contributed by atoms with van der Waals surface area (Å²) in [7, 11) is 0. The smallest absolute Gasteiger partial charge is 0.126 e. The Labute approximate surface area is 96.4 Å². The van der Waals surface area contributed by atoms with Gasteiger partial charge in [-0.2, -0.15) is 0 Å². The molecule has 0 saturated heterocycles. The number of rotatable bonds is 3. The topological polar surface area (TPSA) is 24.9 Å². The Morgan fingerprint density at radius 3 is 2.75 bits per heavy atom. The Kier molecular flexibility index (Phi) is 3.20. The van der Waals surface area contributed by atoms with Crippen LogP contribution in [-0.4, -0.2) is 4.98 Å². The van der Waals surface area contributed by atoms with Crippen LogP contribution in [0.2, 0.25) is 0 Å². The normalized spacial score (nSPS) is 10.1. The first-order chi connectivity index (χ1) is 7.75. The van der Waals surface area contributed by atoms with E-state index in [-0.39, 0.29) is 0 Å². The molecule has 1 aromatic heterocycles. The standard InChI is InChI=1S/C14H16N2/c1-11-6-7-12(2)13(9-11)10-16-14-5-3-4-8-15-14/h3-9H,10H2,1-2H3,(H,15,16). The van der Waals surface area contributed by atoms with Crippen molar-refractivity contribution in [2.45, 2.75) is 20.4 Å². The van der Waals surface area contributed by atoms with Crippen LogP contribution in [0.15, 0.2) is 42.6 Å². The Balaban J connectivity index is 2.08. The van der Waals surface area contributed by atoms with Crippen LogP contribution in [0, 0.1) is 13.8 Å². The summed E-state index contributed by atoms with van der Waals surface area (Å²) >= 11 is 0. The summed E-state index contributed by atoms with van der Waals surface area (Å²) in [6.45, 7) is 5.07. The molecule has 2 heteroatoms. The van der Waals surface area contributed by atoms with Crippen molar-refractivity contribution in [1.29, 1.82) is 0 Å². The fraction of sp³-hybridized carbons (Fsp3) is 0.214. The van der Waals surface area contributed by atoms with Gasteiger partial charge in [-0.25, -0.2) is 4.98 Å². The van der Waals surface area contributed by atoms with Crippen molar-refractivity contribution in [1.82, 2.24) is 4.98 Å². The predicted molar refractivity (Wildman–Crippen MR) is 67.5 cm³/mol. The molecule has 0 amide bonds. The molecule has 0 atom stereocenters. The van der Waals surface area contributed by atoms with Crippen LogP contribution < -0.4 is 5.32 Å². The zero-order chi connectivity index (χ0) is 11.4. The van der Waals surface area contributed by atoms with Crippen molar-refractivity contribution in [2.75, 3.05) is 5.32 Å². The van der Waals surface area contributed by atoms with E-state index >= 15 is 0 Å². The van der Waals surface area contributed by atoms with Crippen LogP contribution >= 0.6 is 0 Å². The van der Waals surface area contributed by atoms with E-state index in [1.54, 1.807) is 6.20 Å². The van der Waals surface area contributed by atoms with Crippen molar-refractivity contribution < 1.29 is 0 Å². The Morgan fingerprint density at radius 2 is 2.00 bits per heavy atom. The third kappa shape index (κ3) is 2.60. The number of hydrogen-bond donors (Lipinski definition) is 1. The van der Waals surface area contributed by atoms with Crippen molar-refractivity contribution in [3.8, 4) is 0 Å². The summed E-state index contributed by atoms with van der Waals surface area (Å²) in [4.78, 5) is 4.23. The van der Waals surface area contributed by atoms with E-state index in [1.807, 2.05) is 18.2 Å². The molecular weight excluding hydrogens is 196 g/mol. The highest BCUT2D eigenvalue weighted by Gasteiger charge is 1.98. The summed E-state index contributed by atoms with van der Waals surface area (Å²) in [6, 6.07) is 12.4. The summed E-state index contributed by atoms with van der Waals surface area (Å²) in [5.74, 6) is 0.920. The fourth-order valence-electron chi connectivity index (χ4n) is 1.64. The van der Waals surface area contributed by atoms with Crippen LogP contribution in [0.1, 0.15) is 16.7 Å². The number of nitrogens with one attached hydrogen (secondary N) is 1. The van der Waals surface area contributed by atoms with Crippen molar-refractivity contribution in [3.63, 3.8) is 0 Å². The maximum Gasteiger partial charge on any atom is 0.126 e. The van der Waals surface area contributed by atoms with Gasteiger partial charge in [0.25, 0.3) is 0 Å². The molecule has 1 N–H and O–H groups in total. The second kappa shape index (κ2) is 4.79. The molecule has 2 aromatic rings. The van der Waals surface area contributed by atoms with E-state index in [1.165, 1.54) is 16.7 Å². The number of anilines is 1. The van der Waals surface area contributed by atoms with Gasteiger partial charge in [-0.15, -0.1) is 0 Å². The minimum absolute atomic E-state index is 0.824. The van der Waals surface area contributed by atoms with Gasteiger partial charge in [0.05, 0.1) is 0 Å². The molecule has 2 rings (SSSR count). The maximum absolute atomic E-state index is 4.23. The molecule has 0 aliphatic heterocycles. The molecule has 0 radical (unpaired) electrons. The molecule has 0 bridgehead atoms. The molecule has 1 heterocycles. The highest BCUT2D eigenvalue weighted by molar-refractivity contribution is 5.37. The first-order valence-corrected chi connectivity index (χ1v) is 5.47. The molecule has 0 unspecified atom stereocenters. The fourth-order valence-corrected chi connectivity index (χ4v) is 1.64. The van der Waals surface area contributed by atoms with Gasteiger partial charge in [-0.05, 0) is 37.1 Å². The largest absolute Gasteiger partial charge is 0.366 e. The van der Waals surface area contributed by atoms with Crippen LogP contribution in [0.5, 0.6) is 0 Å². The van der Waals surface area contributed by atoms with Gasteiger partial charge in [0.15, 0.2) is 0 Å². The monoisotopic (exact) mass is 212 g/mol. The van der Waals surface area contributed by atoms with Crippen molar-refractivity contribution in [2.24, 2.45) is 0 Å². The van der Waals surface area contributed by atoms with Crippen molar-refractivity contribution in [3.05, 3.63) is 59.3 Å². The summed E-state index contributed by atoms with van der Waals surface area (Å²) in [5, 5.41) is 3.32. The second-order valence-corrected chi connectivity index (χ2v) is 4.00. The Morgan fingerprint density at radius 1 is 1.12 bits per heavy atom. The predicted octanol–water partition coefficient (Wildman–Crippen LogP) is 3.31. The van der Waals surface area contributed by atoms with E-state index in [0.29, 0.717) is 0 Å². The lowest BCUT2D eigenvalue weighted by atomic mass is 10.1. The highest BCUT2D eigenvalue weighted by Crippen LogP contribution is 2.12. The van der Waals surface area contributed by atoms with E-state index in [2.05, 4.69) is 42.3 Å². The van der Waals surface area contributed by atoms with Crippen LogP contribution in [0.25, 0.3) is 0 Å². The van der Waals surface area contributed by atoms with Gasteiger partial charge in [0, 0.05) is 12.7 Å². The number of nitrogens with zero attached hydrogens (tertiary/aromatic N) is 1. The summed E-state index contributed by atoms with van der Waals surface area (Å²) < 4.78 is 0. The van der Waals surface area contributed by atoms with E-state index in [0.717, 1.165) is 12.4 Å². The number of aromatic nitrogens is 1. The van der Waals surface area contributed by atoms with E-state index in [9.17, 15) is 0 Å². The van der Waals surface area contributed by atoms with Crippen LogP contribution in [0.4, 0.5) is 5.82 Å². The molecule has 82 valence electrons. The Bertz CT molecular complexity index is 463. The minimum Gasteiger partial charge on any atom is -0.366 e. The van der Waals surface area contributed by atoms with Gasteiger partial charge in [-0.3, -0.25) is 0 Å². The molecule has 0 fully saturated rings. The quantitative estimate of drug-likeness (QED) is 0.844. The zero-order valence-electron chi connectivity index (χ0n) is 9.70. The molecule has 2 nitrogen and oxygen atoms in total. The number of hydrogen-bond acceptors (Lipinski definition) is 2. The highest BCUT2D eigenvalue weighted by atomic mass is 15.0. The third-order valence-electron chi connectivity index (χ3n) is 2.63. The second-order valence-electron chi connectivity index (χ2n) is 4.00. The maximum atomic E-state index is 4.23. The number of pyridine rings is 1. The van der Waals surface area contributed by atoms with Gasteiger partial charge < -0.3 is 5.32 Å². The summed E-state index contributed by atoms with van der Waals surface area (Å²) in [6.07, 6.45) is 1.80. The molecule has 0 saturated carbocycles. The molecule has 1 aromatic carbocycles. The van der Waals surface area contributed by atoms with Crippen LogP contribution in [-0.2, 0) is 6.54 Å². The van der Waals surface area contributed by atoms with Gasteiger partial charge in [-0.1, -0.05) is 29.8 Å². The molecular formula is C14H16N2. The lowest BCUT2D eigenvalue weighted by Gasteiger charge is -2.09. The molecule has 16 heavy (non-hydrogen) atoms.